The molecule has 0 spiro atoms. The van der Waals surface area contributed by atoms with Gasteiger partial charge >= 0.3 is 0 Å². The molecule has 0 aliphatic carbocycles. The fourth-order valence-electron chi connectivity index (χ4n) is 2.53. The molecule has 2 heteroatoms. The molecule has 0 aromatic heterocycles. The normalized spacial score (nSPS) is 20.8. The van der Waals surface area contributed by atoms with Crippen LogP contribution in [0, 0.1) is 6.92 Å². The molecule has 1 aliphatic heterocycles. The van der Waals surface area contributed by atoms with Crippen molar-refractivity contribution in [3.8, 4) is 0 Å². The molecule has 1 fully saturated rings. The van der Waals surface area contributed by atoms with Crippen molar-refractivity contribution in [2.75, 3.05) is 32.1 Å². The maximum Gasteiger partial charge on any atom is 0.0397 e. The summed E-state index contributed by atoms with van der Waals surface area (Å²) in [4.78, 5) is 2.23. The number of hydrogen-bond acceptors (Lipinski definition) is 2. The lowest BCUT2D eigenvalue weighted by atomic mass is 9.89. The van der Waals surface area contributed by atoms with E-state index in [1.807, 2.05) is 0 Å². The SMILES string of the molecule is Cc1ccc(N(C)C)c(C2CCCNC2)c1. The first-order chi connectivity index (χ1) is 7.68. The molecule has 1 aromatic carbocycles. The van der Waals surface area contributed by atoms with E-state index in [2.05, 4.69) is 49.4 Å². The second-order valence-electron chi connectivity index (χ2n) is 5.00. The number of hydrogen-bond donors (Lipinski definition) is 1. The molecular weight excluding hydrogens is 196 g/mol. The molecule has 0 saturated carbocycles. The molecule has 1 heterocycles. The van der Waals surface area contributed by atoms with E-state index >= 15 is 0 Å². The number of nitrogens with zero attached hydrogens (tertiary/aromatic N) is 1. The first-order valence-corrected chi connectivity index (χ1v) is 6.17. The maximum atomic E-state index is 3.50. The van der Waals surface area contributed by atoms with E-state index in [0.717, 1.165) is 6.54 Å². The Hall–Kier alpha value is -1.02. The quantitative estimate of drug-likeness (QED) is 0.820. The molecular formula is C14H22N2. The molecule has 0 bridgehead atoms. The predicted molar refractivity (Wildman–Crippen MR) is 70.4 cm³/mol. The Labute approximate surface area is 98.7 Å². The second kappa shape index (κ2) is 4.88. The van der Waals surface area contributed by atoms with Crippen LogP contribution in [0.25, 0.3) is 0 Å². The van der Waals surface area contributed by atoms with E-state index in [-0.39, 0.29) is 0 Å². The number of piperidine rings is 1. The number of benzene rings is 1. The molecule has 2 rings (SSSR count). The first kappa shape index (κ1) is 11.5. The van der Waals surface area contributed by atoms with E-state index in [1.54, 1.807) is 0 Å². The lowest BCUT2D eigenvalue weighted by molar-refractivity contribution is 0.461. The highest BCUT2D eigenvalue weighted by Gasteiger charge is 2.18. The van der Waals surface area contributed by atoms with Gasteiger partial charge in [-0.1, -0.05) is 17.7 Å². The smallest absolute Gasteiger partial charge is 0.0397 e. The summed E-state index contributed by atoms with van der Waals surface area (Å²) in [7, 11) is 4.26. The molecule has 2 nitrogen and oxygen atoms in total. The second-order valence-corrected chi connectivity index (χ2v) is 5.00. The Balaban J connectivity index is 2.32. The highest BCUT2D eigenvalue weighted by Crippen LogP contribution is 2.31. The van der Waals surface area contributed by atoms with E-state index in [4.69, 9.17) is 0 Å². The monoisotopic (exact) mass is 218 g/mol. The Kier molecular flexibility index (Phi) is 3.49. The largest absolute Gasteiger partial charge is 0.377 e. The summed E-state index contributed by atoms with van der Waals surface area (Å²) in [6.07, 6.45) is 2.61. The van der Waals surface area contributed by atoms with E-state index < -0.39 is 0 Å². The summed E-state index contributed by atoms with van der Waals surface area (Å²) in [5.74, 6) is 0.686. The molecule has 16 heavy (non-hydrogen) atoms. The van der Waals surface area contributed by atoms with Gasteiger partial charge in [0, 0.05) is 26.3 Å². The van der Waals surface area contributed by atoms with Crippen molar-refractivity contribution >= 4 is 5.69 Å². The Morgan fingerprint density at radius 3 is 2.75 bits per heavy atom. The number of nitrogens with one attached hydrogen (secondary N) is 1. The van der Waals surface area contributed by atoms with Crippen LogP contribution in [0.15, 0.2) is 18.2 Å². The van der Waals surface area contributed by atoms with Crippen LogP contribution in [-0.2, 0) is 0 Å². The standard InChI is InChI=1S/C14H22N2/c1-11-6-7-14(16(2)3)13(9-11)12-5-4-8-15-10-12/h6-7,9,12,15H,4-5,8,10H2,1-3H3. The van der Waals surface area contributed by atoms with Gasteiger partial charge in [-0.2, -0.15) is 0 Å². The summed E-state index contributed by atoms with van der Waals surface area (Å²) in [5, 5.41) is 3.50. The molecule has 1 aromatic rings. The summed E-state index contributed by atoms with van der Waals surface area (Å²) >= 11 is 0. The minimum Gasteiger partial charge on any atom is -0.377 e. The summed E-state index contributed by atoms with van der Waals surface area (Å²) in [5.41, 5.74) is 4.25. The van der Waals surface area contributed by atoms with Gasteiger partial charge in [0.25, 0.3) is 0 Å². The van der Waals surface area contributed by atoms with Crippen LogP contribution in [0.5, 0.6) is 0 Å². The van der Waals surface area contributed by atoms with Gasteiger partial charge in [-0.3, -0.25) is 0 Å². The number of rotatable bonds is 2. The lowest BCUT2D eigenvalue weighted by Crippen LogP contribution is -2.29. The zero-order valence-corrected chi connectivity index (χ0v) is 10.6. The molecule has 1 saturated heterocycles. The van der Waals surface area contributed by atoms with Crippen molar-refractivity contribution in [2.24, 2.45) is 0 Å². The van der Waals surface area contributed by atoms with Crippen molar-refractivity contribution in [1.82, 2.24) is 5.32 Å². The van der Waals surface area contributed by atoms with Crippen molar-refractivity contribution in [1.29, 1.82) is 0 Å². The molecule has 1 aliphatic rings. The fraction of sp³-hybridized carbons (Fsp3) is 0.571. The Morgan fingerprint density at radius 1 is 1.31 bits per heavy atom. The zero-order valence-electron chi connectivity index (χ0n) is 10.6. The van der Waals surface area contributed by atoms with Gasteiger partial charge in [0.1, 0.15) is 0 Å². The van der Waals surface area contributed by atoms with Crippen molar-refractivity contribution in [3.63, 3.8) is 0 Å². The van der Waals surface area contributed by atoms with Gasteiger partial charge < -0.3 is 10.2 Å². The molecule has 0 radical (unpaired) electrons. The van der Waals surface area contributed by atoms with Crippen LogP contribution in [0.4, 0.5) is 5.69 Å². The molecule has 1 atom stereocenters. The van der Waals surface area contributed by atoms with Crippen LogP contribution in [0.2, 0.25) is 0 Å². The van der Waals surface area contributed by atoms with Gasteiger partial charge in [-0.05, 0) is 43.9 Å². The van der Waals surface area contributed by atoms with Crippen molar-refractivity contribution in [2.45, 2.75) is 25.7 Å². The minimum atomic E-state index is 0.686. The highest BCUT2D eigenvalue weighted by molar-refractivity contribution is 5.55. The third kappa shape index (κ3) is 2.38. The van der Waals surface area contributed by atoms with Gasteiger partial charge in [0.05, 0.1) is 0 Å². The third-order valence-corrected chi connectivity index (χ3v) is 3.40. The average molecular weight is 218 g/mol. The third-order valence-electron chi connectivity index (χ3n) is 3.40. The fourth-order valence-corrected chi connectivity index (χ4v) is 2.53. The maximum absolute atomic E-state index is 3.50. The highest BCUT2D eigenvalue weighted by atomic mass is 15.1. The van der Waals surface area contributed by atoms with Gasteiger partial charge in [-0.25, -0.2) is 0 Å². The molecule has 88 valence electrons. The number of aryl methyl sites for hydroxylation is 1. The first-order valence-electron chi connectivity index (χ1n) is 6.17. The van der Waals surface area contributed by atoms with E-state index in [9.17, 15) is 0 Å². The van der Waals surface area contributed by atoms with Crippen LogP contribution in [0.1, 0.15) is 29.9 Å². The lowest BCUT2D eigenvalue weighted by Gasteiger charge is -2.28. The van der Waals surface area contributed by atoms with Gasteiger partial charge in [0.15, 0.2) is 0 Å². The summed E-state index contributed by atoms with van der Waals surface area (Å²) in [6.45, 7) is 4.49. The van der Waals surface area contributed by atoms with Crippen molar-refractivity contribution < 1.29 is 0 Å². The van der Waals surface area contributed by atoms with Crippen molar-refractivity contribution in [3.05, 3.63) is 29.3 Å². The van der Waals surface area contributed by atoms with Crippen LogP contribution in [-0.4, -0.2) is 27.2 Å². The zero-order chi connectivity index (χ0) is 11.5. The molecule has 0 amide bonds. The van der Waals surface area contributed by atoms with Gasteiger partial charge in [0.2, 0.25) is 0 Å². The molecule has 1 N–H and O–H groups in total. The van der Waals surface area contributed by atoms with E-state index in [1.165, 1.54) is 36.2 Å². The predicted octanol–water partition coefficient (Wildman–Crippen LogP) is 2.53. The minimum absolute atomic E-state index is 0.686. The Morgan fingerprint density at radius 2 is 2.12 bits per heavy atom. The summed E-state index contributed by atoms with van der Waals surface area (Å²) in [6, 6.07) is 6.81. The van der Waals surface area contributed by atoms with Gasteiger partial charge in [-0.15, -0.1) is 0 Å². The van der Waals surface area contributed by atoms with Crippen LogP contribution in [0.3, 0.4) is 0 Å². The Bertz CT molecular complexity index is 352. The van der Waals surface area contributed by atoms with Crippen LogP contribution >= 0.6 is 0 Å². The number of anilines is 1. The molecule has 1 unspecified atom stereocenters. The van der Waals surface area contributed by atoms with Crippen LogP contribution < -0.4 is 10.2 Å². The summed E-state index contributed by atoms with van der Waals surface area (Å²) < 4.78 is 0. The van der Waals surface area contributed by atoms with E-state index in [0.29, 0.717) is 5.92 Å². The topological polar surface area (TPSA) is 15.3 Å². The average Bonchev–Trinajstić information content (AvgIpc) is 2.29.